The molecule has 0 spiro atoms. The Labute approximate surface area is 309 Å². The Bertz CT molecular complexity index is 2000. The van der Waals surface area contributed by atoms with Crippen LogP contribution in [0.1, 0.15) is 44.5 Å². The molecule has 0 amide bonds. The zero-order valence-corrected chi connectivity index (χ0v) is 30.4. The molecular weight excluding hydrogens is 629 g/mol. The van der Waals surface area contributed by atoms with E-state index < -0.39 is 0 Å². The Morgan fingerprint density at radius 2 is 0.385 bits per heavy atom. The molecule has 0 aliphatic carbocycles. The highest BCUT2D eigenvalue weighted by Crippen LogP contribution is 2.36. The summed E-state index contributed by atoms with van der Waals surface area (Å²) < 4.78 is 0. The summed E-state index contributed by atoms with van der Waals surface area (Å²) in [5.41, 5.74) is 16.5. The van der Waals surface area contributed by atoms with Crippen molar-refractivity contribution in [1.29, 1.82) is 0 Å². The Kier molecular flexibility index (Phi) is 10.3. The molecule has 0 saturated heterocycles. The van der Waals surface area contributed by atoms with Crippen LogP contribution in [0.5, 0.6) is 0 Å². The second kappa shape index (κ2) is 15.7. The molecule has 0 aromatic heterocycles. The highest BCUT2D eigenvalue weighted by molar-refractivity contribution is 5.80. The van der Waals surface area contributed by atoms with Crippen LogP contribution in [0.3, 0.4) is 0 Å². The molecule has 0 fully saturated rings. The Hall–Kier alpha value is -6.38. The van der Waals surface area contributed by atoms with E-state index in [-0.39, 0.29) is 0 Å². The first-order chi connectivity index (χ1) is 25.4. The van der Waals surface area contributed by atoms with Crippen LogP contribution in [-0.2, 0) is 0 Å². The summed E-state index contributed by atoms with van der Waals surface area (Å²) in [4.78, 5) is 4.61. The summed E-state index contributed by atoms with van der Waals surface area (Å²) in [7, 11) is 0. The number of nitrogens with zero attached hydrogens (tertiary/aromatic N) is 2. The maximum atomic E-state index is 2.30. The van der Waals surface area contributed by atoms with Crippen molar-refractivity contribution in [2.45, 2.75) is 27.7 Å². The molecule has 0 radical (unpaired) electrons. The minimum Gasteiger partial charge on any atom is -0.311 e. The first-order valence-corrected chi connectivity index (χ1v) is 17.9. The van der Waals surface area contributed by atoms with Crippen molar-refractivity contribution in [3.8, 4) is 0 Å². The van der Waals surface area contributed by atoms with Crippen molar-refractivity contribution >= 4 is 58.4 Å². The van der Waals surface area contributed by atoms with E-state index in [4.69, 9.17) is 0 Å². The molecule has 0 bridgehead atoms. The van der Waals surface area contributed by atoms with Crippen molar-refractivity contribution in [3.63, 3.8) is 0 Å². The lowest BCUT2D eigenvalue weighted by Gasteiger charge is -2.25. The maximum Gasteiger partial charge on any atom is 0.0462 e. The lowest BCUT2D eigenvalue weighted by atomic mass is 10.1. The van der Waals surface area contributed by atoms with Gasteiger partial charge < -0.3 is 9.80 Å². The summed E-state index contributed by atoms with van der Waals surface area (Å²) in [5, 5.41) is 0. The van der Waals surface area contributed by atoms with E-state index in [9.17, 15) is 0 Å². The fourth-order valence-electron chi connectivity index (χ4n) is 6.24. The molecule has 7 rings (SSSR count). The van der Waals surface area contributed by atoms with Crippen molar-refractivity contribution in [2.24, 2.45) is 0 Å². The summed E-state index contributed by atoms with van der Waals surface area (Å²) >= 11 is 0. The Morgan fingerprint density at radius 3 is 0.577 bits per heavy atom. The third kappa shape index (κ3) is 8.31. The van der Waals surface area contributed by atoms with Gasteiger partial charge in [-0.3, -0.25) is 0 Å². The molecule has 0 saturated carbocycles. The van der Waals surface area contributed by atoms with Gasteiger partial charge in [-0.2, -0.15) is 0 Å². The minimum absolute atomic E-state index is 1.13. The molecule has 2 nitrogen and oxygen atoms in total. The molecule has 0 N–H and O–H groups in total. The van der Waals surface area contributed by atoms with Gasteiger partial charge in [0.25, 0.3) is 0 Å². The lowest BCUT2D eigenvalue weighted by molar-refractivity contribution is 1.27. The monoisotopic (exact) mass is 672 g/mol. The van der Waals surface area contributed by atoms with E-state index in [1.807, 2.05) is 0 Å². The molecule has 0 heterocycles. The van der Waals surface area contributed by atoms with E-state index in [1.165, 1.54) is 33.4 Å². The summed E-state index contributed by atoms with van der Waals surface area (Å²) in [6.45, 7) is 8.50. The van der Waals surface area contributed by atoms with Crippen molar-refractivity contribution < 1.29 is 0 Å². The van der Waals surface area contributed by atoms with E-state index >= 15 is 0 Å². The molecule has 0 aliphatic heterocycles. The molecule has 254 valence electrons. The van der Waals surface area contributed by atoms with Crippen LogP contribution in [0.2, 0.25) is 0 Å². The minimum atomic E-state index is 1.13. The van der Waals surface area contributed by atoms with Gasteiger partial charge in [0.1, 0.15) is 0 Å². The van der Waals surface area contributed by atoms with E-state index in [0.29, 0.717) is 0 Å². The Balaban J connectivity index is 1.02. The first-order valence-electron chi connectivity index (χ1n) is 17.9. The lowest BCUT2D eigenvalue weighted by Crippen LogP contribution is -2.09. The third-order valence-corrected chi connectivity index (χ3v) is 9.34. The quantitative estimate of drug-likeness (QED) is 0.133. The molecule has 0 atom stereocenters. The van der Waals surface area contributed by atoms with E-state index in [2.05, 4.69) is 232 Å². The highest BCUT2D eigenvalue weighted by atomic mass is 15.1. The van der Waals surface area contributed by atoms with Crippen LogP contribution in [0.4, 0.5) is 34.1 Å². The highest BCUT2D eigenvalue weighted by Gasteiger charge is 2.13. The van der Waals surface area contributed by atoms with Gasteiger partial charge in [-0.25, -0.2) is 0 Å². The Morgan fingerprint density at radius 1 is 0.231 bits per heavy atom. The number of anilines is 6. The molecule has 0 aliphatic rings. The maximum absolute atomic E-state index is 2.30. The second-order valence-electron chi connectivity index (χ2n) is 13.5. The van der Waals surface area contributed by atoms with Crippen LogP contribution < -0.4 is 9.80 Å². The SMILES string of the molecule is Cc1ccc(N(c2ccc(C)cc2)c2ccc(/C=C/c3ccc(/C=C/c4ccc(N(c5ccc(C)cc5)c5ccc(C)cc5)cc4)cc3)cc2)cc1. The van der Waals surface area contributed by atoms with Gasteiger partial charge in [0.2, 0.25) is 0 Å². The second-order valence-corrected chi connectivity index (χ2v) is 13.5. The van der Waals surface area contributed by atoms with Crippen LogP contribution >= 0.6 is 0 Å². The zero-order valence-electron chi connectivity index (χ0n) is 30.4. The van der Waals surface area contributed by atoms with Crippen molar-refractivity contribution in [2.75, 3.05) is 9.80 Å². The van der Waals surface area contributed by atoms with Crippen LogP contribution in [0, 0.1) is 27.7 Å². The van der Waals surface area contributed by atoms with E-state index in [1.54, 1.807) is 0 Å². The molecule has 52 heavy (non-hydrogen) atoms. The number of aryl methyl sites for hydroxylation is 4. The average Bonchev–Trinajstić information content (AvgIpc) is 3.18. The molecular formula is C50H44N2. The zero-order chi connectivity index (χ0) is 35.9. The number of hydrogen-bond donors (Lipinski definition) is 0. The fourth-order valence-corrected chi connectivity index (χ4v) is 6.24. The standard InChI is InChI=1S/C50H44N2/c1-37-5-25-45(26-6-37)51(46-27-7-38(2)8-28-46)49-33-21-43(22-34-49)19-17-41-13-15-42(16-14-41)18-20-44-23-35-50(36-24-44)52(47-29-9-39(3)10-30-47)48-31-11-40(4)12-32-48/h5-36H,1-4H3/b19-17+,20-18+. The number of benzene rings is 7. The summed E-state index contributed by atoms with van der Waals surface area (Å²) in [6.07, 6.45) is 8.70. The van der Waals surface area contributed by atoms with Gasteiger partial charge in [0.05, 0.1) is 0 Å². The summed E-state index contributed by atoms with van der Waals surface area (Å²) in [5.74, 6) is 0. The first kappa shape index (κ1) is 34.1. The van der Waals surface area contributed by atoms with Gasteiger partial charge in [-0.15, -0.1) is 0 Å². The van der Waals surface area contributed by atoms with Gasteiger partial charge in [0, 0.05) is 34.1 Å². The van der Waals surface area contributed by atoms with Gasteiger partial charge in [-0.05, 0) is 123 Å². The predicted molar refractivity (Wildman–Crippen MR) is 225 cm³/mol. The van der Waals surface area contributed by atoms with Crippen molar-refractivity contribution in [3.05, 3.63) is 214 Å². The van der Waals surface area contributed by atoms with Gasteiger partial charge >= 0.3 is 0 Å². The predicted octanol–water partition coefficient (Wildman–Crippen LogP) is 14.2. The molecule has 7 aromatic carbocycles. The number of hydrogen-bond acceptors (Lipinski definition) is 2. The van der Waals surface area contributed by atoms with Crippen LogP contribution in [-0.4, -0.2) is 0 Å². The van der Waals surface area contributed by atoms with Crippen molar-refractivity contribution in [1.82, 2.24) is 0 Å². The normalized spacial score (nSPS) is 11.3. The van der Waals surface area contributed by atoms with Gasteiger partial charge in [0.15, 0.2) is 0 Å². The van der Waals surface area contributed by atoms with Crippen LogP contribution in [0.25, 0.3) is 24.3 Å². The molecule has 0 unspecified atom stereocenters. The molecule has 2 heteroatoms. The average molecular weight is 673 g/mol. The summed E-state index contributed by atoms with van der Waals surface area (Å²) in [6, 6.07) is 61.0. The topological polar surface area (TPSA) is 6.48 Å². The fraction of sp³-hybridized carbons (Fsp3) is 0.0800. The third-order valence-electron chi connectivity index (χ3n) is 9.34. The van der Waals surface area contributed by atoms with Crippen LogP contribution in [0.15, 0.2) is 170 Å². The van der Waals surface area contributed by atoms with E-state index in [0.717, 1.165) is 45.3 Å². The molecule has 7 aromatic rings. The number of rotatable bonds is 10. The largest absolute Gasteiger partial charge is 0.311 e. The van der Waals surface area contributed by atoms with Gasteiger partial charge in [-0.1, -0.05) is 144 Å². The smallest absolute Gasteiger partial charge is 0.0462 e.